The van der Waals surface area contributed by atoms with E-state index < -0.39 is 22.2 Å². The number of hydrogen-bond donors (Lipinski definition) is 1. The quantitative estimate of drug-likeness (QED) is 0.347. The molecule has 0 bridgehead atoms. The fraction of sp³-hybridized carbons (Fsp3) is 0.111. The molecule has 1 rings (SSSR count). The molecular weight excluding hydrogens is 224 g/mol. The highest BCUT2D eigenvalue weighted by Gasteiger charge is 2.17. The smallest absolute Gasteiger partial charge is 0.258 e. The van der Waals surface area contributed by atoms with Crippen LogP contribution in [0.15, 0.2) is 12.1 Å². The van der Waals surface area contributed by atoms with Crippen molar-refractivity contribution in [2.24, 2.45) is 0 Å². The minimum absolute atomic E-state index is 0.193. The molecule has 0 N–H and O–H groups in total. The lowest BCUT2D eigenvalue weighted by molar-refractivity contribution is -0.387. The predicted molar refractivity (Wildman–Crippen MR) is 53.7 cm³/mol. The molecule has 0 saturated carbocycles. The lowest BCUT2D eigenvalue weighted by atomic mass is 10.2. The molecule has 0 aliphatic carbocycles. The molecule has 6 heteroatoms. The Morgan fingerprint density at radius 1 is 1.40 bits per heavy atom. The summed E-state index contributed by atoms with van der Waals surface area (Å²) in [6.45, 7) is 0. The van der Waals surface area contributed by atoms with E-state index in [1.165, 1.54) is 0 Å². The van der Waals surface area contributed by atoms with Crippen LogP contribution in [0.4, 0.5) is 14.5 Å². The largest absolute Gasteiger partial charge is 0.307 e. The van der Waals surface area contributed by atoms with E-state index in [9.17, 15) is 18.9 Å². The molecule has 78 valence electrons. The van der Waals surface area contributed by atoms with Gasteiger partial charge in [-0.1, -0.05) is 11.8 Å². The van der Waals surface area contributed by atoms with Crippen LogP contribution in [0.1, 0.15) is 5.56 Å². The van der Waals surface area contributed by atoms with Gasteiger partial charge in [0.05, 0.1) is 22.3 Å². The highest BCUT2D eigenvalue weighted by atomic mass is 32.1. The summed E-state index contributed by atoms with van der Waals surface area (Å²) in [5, 5.41) is 10.2. The maximum atomic E-state index is 13.1. The van der Waals surface area contributed by atoms with Gasteiger partial charge >= 0.3 is 5.69 Å². The molecule has 0 saturated heterocycles. The maximum Gasteiger partial charge on any atom is 0.307 e. The molecule has 1 aromatic rings. The van der Waals surface area contributed by atoms with Crippen LogP contribution in [-0.4, -0.2) is 10.7 Å². The second-order valence-corrected chi connectivity index (χ2v) is 2.82. The normalized spacial score (nSPS) is 9.27. The summed E-state index contributed by atoms with van der Waals surface area (Å²) in [5.41, 5.74) is -1.11. The van der Waals surface area contributed by atoms with Crippen molar-refractivity contribution in [3.8, 4) is 11.8 Å². The number of thiol groups is 1. The van der Waals surface area contributed by atoms with Crippen molar-refractivity contribution < 1.29 is 13.7 Å². The van der Waals surface area contributed by atoms with Crippen molar-refractivity contribution in [3.05, 3.63) is 39.4 Å². The minimum atomic E-state index is -1.11. The van der Waals surface area contributed by atoms with Gasteiger partial charge in [0.1, 0.15) is 5.82 Å². The first-order valence-corrected chi connectivity index (χ1v) is 4.42. The van der Waals surface area contributed by atoms with Gasteiger partial charge in [0, 0.05) is 0 Å². The first-order chi connectivity index (χ1) is 7.06. The van der Waals surface area contributed by atoms with Gasteiger partial charge in [-0.05, 0) is 6.07 Å². The van der Waals surface area contributed by atoms with E-state index in [1.54, 1.807) is 0 Å². The fourth-order valence-electron chi connectivity index (χ4n) is 0.907. The molecule has 0 amide bonds. The molecule has 0 radical (unpaired) electrons. The van der Waals surface area contributed by atoms with Crippen LogP contribution in [0.5, 0.6) is 0 Å². The molecule has 0 aliphatic rings. The Labute approximate surface area is 89.7 Å². The van der Waals surface area contributed by atoms with Gasteiger partial charge in [0.2, 0.25) is 5.82 Å². The van der Waals surface area contributed by atoms with Crippen molar-refractivity contribution in [2.75, 3.05) is 5.75 Å². The van der Waals surface area contributed by atoms with E-state index in [0.29, 0.717) is 12.1 Å². The van der Waals surface area contributed by atoms with Crippen molar-refractivity contribution >= 4 is 18.3 Å². The summed E-state index contributed by atoms with van der Waals surface area (Å²) in [6.07, 6.45) is 0. The van der Waals surface area contributed by atoms with Crippen molar-refractivity contribution in [3.63, 3.8) is 0 Å². The molecule has 1 aromatic carbocycles. The van der Waals surface area contributed by atoms with Crippen molar-refractivity contribution in [2.45, 2.75) is 0 Å². The van der Waals surface area contributed by atoms with Gasteiger partial charge < -0.3 is 0 Å². The SMILES string of the molecule is O=[N+]([O-])c1cc(F)c(C#CCS)cc1F. The monoisotopic (exact) mass is 229 g/mol. The average Bonchev–Trinajstić information content (AvgIpc) is 2.18. The van der Waals surface area contributed by atoms with E-state index in [1.807, 2.05) is 0 Å². The second kappa shape index (κ2) is 4.75. The number of hydrogen-bond acceptors (Lipinski definition) is 3. The van der Waals surface area contributed by atoms with E-state index in [0.717, 1.165) is 0 Å². The van der Waals surface area contributed by atoms with Crippen LogP contribution in [0.3, 0.4) is 0 Å². The number of benzene rings is 1. The molecule has 0 aliphatic heterocycles. The second-order valence-electron chi connectivity index (χ2n) is 2.50. The Morgan fingerprint density at radius 3 is 2.60 bits per heavy atom. The third-order valence-electron chi connectivity index (χ3n) is 1.54. The standard InChI is InChI=1S/C9H5F2NO2S/c10-7-5-9(12(13)14)8(11)4-6(7)2-1-3-15/h4-5,15H,3H2. The van der Waals surface area contributed by atoms with Gasteiger partial charge in [0.15, 0.2) is 0 Å². The molecule has 0 aromatic heterocycles. The summed E-state index contributed by atoms with van der Waals surface area (Å²) in [5.74, 6) is 2.89. The average molecular weight is 229 g/mol. The molecular formula is C9H5F2NO2S. The number of halogens is 2. The van der Waals surface area contributed by atoms with E-state index in [4.69, 9.17) is 0 Å². The lowest BCUT2D eigenvalue weighted by Gasteiger charge is -1.96. The van der Waals surface area contributed by atoms with Crippen molar-refractivity contribution in [1.29, 1.82) is 0 Å². The Kier molecular flexibility index (Phi) is 3.63. The molecule has 0 spiro atoms. The van der Waals surface area contributed by atoms with E-state index >= 15 is 0 Å². The van der Waals surface area contributed by atoms with Crippen molar-refractivity contribution in [1.82, 2.24) is 0 Å². The Morgan fingerprint density at radius 2 is 2.07 bits per heavy atom. The zero-order chi connectivity index (χ0) is 11.4. The molecule has 3 nitrogen and oxygen atoms in total. The minimum Gasteiger partial charge on any atom is -0.258 e. The lowest BCUT2D eigenvalue weighted by Crippen LogP contribution is -1.96. The Hall–Kier alpha value is -1.61. The van der Waals surface area contributed by atoms with Crippen LogP contribution in [0.25, 0.3) is 0 Å². The molecule has 0 unspecified atom stereocenters. The summed E-state index contributed by atoms with van der Waals surface area (Å²) in [6, 6.07) is 1.21. The van der Waals surface area contributed by atoms with Gasteiger partial charge in [0.25, 0.3) is 0 Å². The number of nitro benzene ring substituents is 1. The number of nitrogens with zero attached hydrogens (tertiary/aromatic N) is 1. The highest BCUT2D eigenvalue weighted by Crippen LogP contribution is 2.20. The van der Waals surface area contributed by atoms with Gasteiger partial charge in [-0.15, -0.1) is 0 Å². The number of nitro groups is 1. The number of rotatable bonds is 1. The molecule has 0 atom stereocenters. The summed E-state index contributed by atoms with van der Waals surface area (Å²) >= 11 is 3.77. The first-order valence-electron chi connectivity index (χ1n) is 3.79. The van der Waals surface area contributed by atoms with Gasteiger partial charge in [-0.3, -0.25) is 10.1 Å². The summed E-state index contributed by atoms with van der Waals surface area (Å²) in [4.78, 5) is 9.26. The third-order valence-corrected chi connectivity index (χ3v) is 1.69. The molecule has 0 heterocycles. The molecule has 15 heavy (non-hydrogen) atoms. The van der Waals surface area contributed by atoms with E-state index in [-0.39, 0.29) is 11.3 Å². The summed E-state index contributed by atoms with van der Waals surface area (Å²) < 4.78 is 26.1. The Balaban J connectivity index is 3.25. The zero-order valence-electron chi connectivity index (χ0n) is 7.33. The van der Waals surface area contributed by atoms with Crippen LogP contribution < -0.4 is 0 Å². The molecule has 0 fully saturated rings. The maximum absolute atomic E-state index is 13.1. The van der Waals surface area contributed by atoms with E-state index in [2.05, 4.69) is 24.5 Å². The fourth-order valence-corrected chi connectivity index (χ4v) is 0.986. The summed E-state index contributed by atoms with van der Waals surface area (Å²) in [7, 11) is 0. The Bertz CT molecular complexity index is 465. The predicted octanol–water partition coefficient (Wildman–Crippen LogP) is 2.15. The van der Waals surface area contributed by atoms with Gasteiger partial charge in [-0.2, -0.15) is 17.0 Å². The topological polar surface area (TPSA) is 43.1 Å². The van der Waals surface area contributed by atoms with Gasteiger partial charge in [-0.25, -0.2) is 4.39 Å². The first kappa shape index (κ1) is 11.5. The van der Waals surface area contributed by atoms with Crippen LogP contribution in [0.2, 0.25) is 0 Å². The van der Waals surface area contributed by atoms with Crippen LogP contribution in [0, 0.1) is 33.6 Å². The van der Waals surface area contributed by atoms with Crippen LogP contribution in [-0.2, 0) is 0 Å². The van der Waals surface area contributed by atoms with Crippen LogP contribution >= 0.6 is 12.6 Å². The third kappa shape index (κ3) is 2.67. The zero-order valence-corrected chi connectivity index (χ0v) is 8.22. The highest BCUT2D eigenvalue weighted by molar-refractivity contribution is 7.80.